The second-order valence-corrected chi connectivity index (χ2v) is 8.15. The first kappa shape index (κ1) is 16.4. The number of hydrogen-bond donors (Lipinski definition) is 1. The molecule has 0 spiro atoms. The summed E-state index contributed by atoms with van der Waals surface area (Å²) in [5.74, 6) is 0.518. The van der Waals surface area contributed by atoms with Crippen molar-refractivity contribution in [3.05, 3.63) is 36.5 Å². The lowest BCUT2D eigenvalue weighted by molar-refractivity contribution is 0.542. The second-order valence-electron chi connectivity index (χ2n) is 6.15. The van der Waals surface area contributed by atoms with Crippen molar-refractivity contribution in [3.63, 3.8) is 0 Å². The Morgan fingerprint density at radius 1 is 1.58 bits per heavy atom. The van der Waals surface area contributed by atoms with Gasteiger partial charge in [0.1, 0.15) is 0 Å². The molecule has 3 heteroatoms. The highest BCUT2D eigenvalue weighted by atomic mass is 32.2. The number of rotatable bonds is 5. The minimum atomic E-state index is -1.05. The summed E-state index contributed by atoms with van der Waals surface area (Å²) in [5.41, 5.74) is 1.34. The normalized spacial score (nSPS) is 23.4. The van der Waals surface area contributed by atoms with Crippen LogP contribution < -0.4 is 4.72 Å². The van der Waals surface area contributed by atoms with Gasteiger partial charge in [0.15, 0.2) is 0 Å². The highest BCUT2D eigenvalue weighted by molar-refractivity contribution is 7.84. The highest BCUT2D eigenvalue weighted by Gasteiger charge is 2.26. The molecule has 0 bridgehead atoms. The SMILES string of the molecule is C=CC[C@@H](N[S@@](=O)C(C)(C)C)C1=CC=CCCC1C. The fourth-order valence-electron chi connectivity index (χ4n) is 2.14. The van der Waals surface area contributed by atoms with Crippen LogP contribution in [0, 0.1) is 5.92 Å². The molecule has 3 atom stereocenters. The molecule has 0 saturated heterocycles. The zero-order chi connectivity index (χ0) is 14.5. The number of allylic oxidation sites excluding steroid dienone is 3. The zero-order valence-corrected chi connectivity index (χ0v) is 13.4. The highest BCUT2D eigenvalue weighted by Crippen LogP contribution is 2.25. The summed E-state index contributed by atoms with van der Waals surface area (Å²) in [5, 5.41) is 0. The first-order chi connectivity index (χ1) is 8.86. The molecule has 2 nitrogen and oxygen atoms in total. The van der Waals surface area contributed by atoms with Gasteiger partial charge >= 0.3 is 0 Å². The van der Waals surface area contributed by atoms with Crippen LogP contribution >= 0.6 is 0 Å². The first-order valence-electron chi connectivity index (χ1n) is 7.01. The Morgan fingerprint density at radius 3 is 2.84 bits per heavy atom. The third-order valence-electron chi connectivity index (χ3n) is 3.37. The van der Waals surface area contributed by atoms with E-state index in [1.807, 2.05) is 26.8 Å². The van der Waals surface area contributed by atoms with Gasteiger partial charge in [0.25, 0.3) is 0 Å². The van der Waals surface area contributed by atoms with Gasteiger partial charge in [-0.05, 0) is 51.5 Å². The van der Waals surface area contributed by atoms with Crippen LogP contribution in [0.15, 0.2) is 36.5 Å². The minimum absolute atomic E-state index is 0.121. The van der Waals surface area contributed by atoms with Crippen LogP contribution in [0.5, 0.6) is 0 Å². The molecule has 19 heavy (non-hydrogen) atoms. The molecule has 1 unspecified atom stereocenters. The van der Waals surface area contributed by atoms with Gasteiger partial charge in [0.05, 0.1) is 15.7 Å². The average Bonchev–Trinajstić information content (AvgIpc) is 2.52. The van der Waals surface area contributed by atoms with E-state index in [9.17, 15) is 4.21 Å². The fraction of sp³-hybridized carbons (Fsp3) is 0.625. The maximum atomic E-state index is 12.3. The topological polar surface area (TPSA) is 29.1 Å². The molecule has 0 aromatic heterocycles. The van der Waals surface area contributed by atoms with E-state index >= 15 is 0 Å². The lowest BCUT2D eigenvalue weighted by Gasteiger charge is -2.28. The third-order valence-corrected chi connectivity index (χ3v) is 4.98. The molecule has 0 radical (unpaired) electrons. The van der Waals surface area contributed by atoms with Crippen molar-refractivity contribution < 1.29 is 4.21 Å². The Kier molecular flexibility index (Phi) is 6.21. The monoisotopic (exact) mass is 281 g/mol. The van der Waals surface area contributed by atoms with E-state index in [0.29, 0.717) is 5.92 Å². The molecule has 0 fully saturated rings. The largest absolute Gasteiger partial charge is 0.242 e. The molecule has 0 aliphatic heterocycles. The van der Waals surface area contributed by atoms with Gasteiger partial charge in [-0.3, -0.25) is 0 Å². The smallest absolute Gasteiger partial charge is 0.0975 e. The Morgan fingerprint density at radius 2 is 2.26 bits per heavy atom. The summed E-state index contributed by atoms with van der Waals surface area (Å²) in [6.07, 6.45) is 11.5. The van der Waals surface area contributed by atoms with E-state index in [4.69, 9.17) is 0 Å². The van der Waals surface area contributed by atoms with E-state index in [0.717, 1.165) is 19.3 Å². The lowest BCUT2D eigenvalue weighted by atomic mass is 9.90. The predicted molar refractivity (Wildman–Crippen MR) is 85.3 cm³/mol. The van der Waals surface area contributed by atoms with Crippen LogP contribution in [0.3, 0.4) is 0 Å². The van der Waals surface area contributed by atoms with Crippen LogP contribution in [0.4, 0.5) is 0 Å². The van der Waals surface area contributed by atoms with Crippen LogP contribution in [0.25, 0.3) is 0 Å². The molecular weight excluding hydrogens is 254 g/mol. The van der Waals surface area contributed by atoms with E-state index < -0.39 is 11.0 Å². The summed E-state index contributed by atoms with van der Waals surface area (Å²) in [4.78, 5) is 0. The molecule has 1 aliphatic carbocycles. The zero-order valence-electron chi connectivity index (χ0n) is 12.6. The van der Waals surface area contributed by atoms with Crippen LogP contribution in [0.1, 0.15) is 47.0 Å². The Bertz CT molecular complexity index is 390. The average molecular weight is 281 g/mol. The maximum Gasteiger partial charge on any atom is 0.0975 e. The molecule has 0 amide bonds. The second kappa shape index (κ2) is 7.20. The molecule has 0 heterocycles. The molecule has 0 saturated carbocycles. The van der Waals surface area contributed by atoms with Gasteiger partial charge in [0, 0.05) is 6.04 Å². The summed E-state index contributed by atoms with van der Waals surface area (Å²) >= 11 is 0. The Hall–Kier alpha value is -0.670. The molecule has 108 valence electrons. The van der Waals surface area contributed by atoms with E-state index in [2.05, 4.69) is 36.5 Å². The quantitative estimate of drug-likeness (QED) is 0.761. The number of nitrogens with one attached hydrogen (secondary N) is 1. The van der Waals surface area contributed by atoms with E-state index in [1.165, 1.54) is 5.57 Å². The number of hydrogen-bond acceptors (Lipinski definition) is 1. The predicted octanol–water partition coefficient (Wildman–Crippen LogP) is 3.90. The van der Waals surface area contributed by atoms with Crippen molar-refractivity contribution in [2.45, 2.75) is 57.7 Å². The van der Waals surface area contributed by atoms with Gasteiger partial charge in [-0.15, -0.1) is 6.58 Å². The molecule has 1 aliphatic rings. The van der Waals surface area contributed by atoms with Gasteiger partial charge in [0.2, 0.25) is 0 Å². The molecule has 1 rings (SSSR count). The molecule has 1 N–H and O–H groups in total. The van der Waals surface area contributed by atoms with Crippen molar-refractivity contribution in [1.29, 1.82) is 0 Å². The van der Waals surface area contributed by atoms with Crippen LogP contribution in [-0.2, 0) is 11.0 Å². The third kappa shape index (κ3) is 5.07. The van der Waals surface area contributed by atoms with E-state index in [1.54, 1.807) is 0 Å². The Labute approximate surface area is 120 Å². The summed E-state index contributed by atoms with van der Waals surface area (Å²) in [6.45, 7) is 12.1. The summed E-state index contributed by atoms with van der Waals surface area (Å²) in [7, 11) is -1.05. The summed E-state index contributed by atoms with van der Waals surface area (Å²) in [6, 6.07) is 0.121. The van der Waals surface area contributed by atoms with Crippen molar-refractivity contribution in [2.24, 2.45) is 5.92 Å². The van der Waals surface area contributed by atoms with Gasteiger partial charge < -0.3 is 0 Å². The van der Waals surface area contributed by atoms with Crippen molar-refractivity contribution in [1.82, 2.24) is 4.72 Å². The van der Waals surface area contributed by atoms with Gasteiger partial charge in [-0.25, -0.2) is 8.93 Å². The van der Waals surface area contributed by atoms with Crippen molar-refractivity contribution >= 4 is 11.0 Å². The fourth-order valence-corrected chi connectivity index (χ4v) is 2.98. The summed E-state index contributed by atoms with van der Waals surface area (Å²) < 4.78 is 15.3. The molecular formula is C16H27NOS. The maximum absolute atomic E-state index is 12.3. The Balaban J connectivity index is 2.87. The molecule has 0 aromatic rings. The lowest BCUT2D eigenvalue weighted by Crippen LogP contribution is -2.41. The van der Waals surface area contributed by atoms with Gasteiger partial charge in [-0.2, -0.15) is 0 Å². The van der Waals surface area contributed by atoms with Crippen LogP contribution in [0.2, 0.25) is 0 Å². The van der Waals surface area contributed by atoms with Crippen molar-refractivity contribution in [2.75, 3.05) is 0 Å². The molecule has 0 aromatic carbocycles. The first-order valence-corrected chi connectivity index (χ1v) is 8.16. The standard InChI is InChI=1S/C16H27NOS/c1-6-10-15(17-19(18)16(3,4)5)14-12-9-7-8-11-13(14)2/h6-7,9,12-13,15,17H,1,8,10-11H2,2-5H3/t13?,15-,19+/m1/s1. The van der Waals surface area contributed by atoms with Gasteiger partial charge in [-0.1, -0.05) is 31.2 Å². The van der Waals surface area contributed by atoms with Crippen LogP contribution in [-0.4, -0.2) is 15.0 Å². The van der Waals surface area contributed by atoms with E-state index in [-0.39, 0.29) is 10.8 Å². The van der Waals surface area contributed by atoms with Crippen molar-refractivity contribution in [3.8, 4) is 0 Å². The minimum Gasteiger partial charge on any atom is -0.242 e.